The van der Waals surface area contributed by atoms with Crippen molar-refractivity contribution in [2.45, 2.75) is 64.4 Å². The highest BCUT2D eigenvalue weighted by Crippen LogP contribution is 2.38. The molecule has 0 aromatic heterocycles. The molecule has 0 aromatic carbocycles. The minimum Gasteiger partial charge on any atom is -0.461 e. The first-order valence-corrected chi connectivity index (χ1v) is 8.66. The predicted molar refractivity (Wildman–Crippen MR) is 91.9 cm³/mol. The van der Waals surface area contributed by atoms with Crippen LogP contribution in [0.1, 0.15) is 40.5 Å². The van der Waals surface area contributed by atoms with Crippen LogP contribution in [-0.4, -0.2) is 51.8 Å². The van der Waals surface area contributed by atoms with Gasteiger partial charge in [-0.15, -0.1) is 0 Å². The smallest absolute Gasteiger partial charge is 0.334 e. The Labute approximate surface area is 152 Å². The van der Waals surface area contributed by atoms with Gasteiger partial charge in [0.05, 0.1) is 23.5 Å². The van der Waals surface area contributed by atoms with Crippen LogP contribution in [0, 0.1) is 11.8 Å². The molecule has 0 amide bonds. The Morgan fingerprint density at radius 1 is 1.42 bits per heavy atom. The summed E-state index contributed by atoms with van der Waals surface area (Å²) in [5.41, 5.74) is -1.29. The van der Waals surface area contributed by atoms with Gasteiger partial charge in [0.2, 0.25) is 0 Å². The average molecular weight is 366 g/mol. The van der Waals surface area contributed by atoms with Gasteiger partial charge < -0.3 is 19.7 Å². The number of rotatable bonds is 2. The van der Waals surface area contributed by atoms with E-state index in [-0.39, 0.29) is 24.2 Å². The Balaban J connectivity index is 2.50. The maximum atomic E-state index is 12.2. The van der Waals surface area contributed by atoms with Gasteiger partial charge in [0.1, 0.15) is 12.2 Å². The number of ether oxygens (including phenoxy) is 2. The van der Waals surface area contributed by atoms with Gasteiger partial charge in [-0.1, -0.05) is 20.4 Å². The second-order valence-corrected chi connectivity index (χ2v) is 7.61. The van der Waals surface area contributed by atoms with Gasteiger partial charge >= 0.3 is 11.9 Å². The van der Waals surface area contributed by atoms with Gasteiger partial charge in [0, 0.05) is 18.4 Å². The molecule has 2 rings (SSSR count). The van der Waals surface area contributed by atoms with E-state index in [2.05, 4.69) is 6.58 Å². The van der Waals surface area contributed by atoms with Crippen molar-refractivity contribution in [3.05, 3.63) is 23.8 Å². The molecule has 7 heteroatoms. The molecular weight excluding hydrogens is 340 g/mol. The lowest BCUT2D eigenvalue weighted by Gasteiger charge is -2.36. The van der Waals surface area contributed by atoms with Crippen LogP contribution in [0.5, 0.6) is 0 Å². The van der Waals surface area contributed by atoms with Crippen molar-refractivity contribution in [2.24, 2.45) is 11.8 Å². The highest BCUT2D eigenvalue weighted by Gasteiger charge is 2.48. The van der Waals surface area contributed by atoms with E-state index >= 15 is 0 Å². The lowest BCUT2D eigenvalue weighted by Crippen LogP contribution is -2.48. The number of aliphatic hydroxyl groups excluding tert-OH is 1. The third kappa shape index (κ3) is 4.04. The summed E-state index contributed by atoms with van der Waals surface area (Å²) in [6.07, 6.45) is -2.06. The van der Waals surface area contributed by atoms with Crippen molar-refractivity contribution in [2.75, 3.05) is 0 Å². The number of esters is 2. The molecule has 1 aliphatic carbocycles. The van der Waals surface area contributed by atoms with Crippen LogP contribution in [-0.2, 0) is 23.9 Å². The summed E-state index contributed by atoms with van der Waals surface area (Å²) >= 11 is 0. The number of allylic oxidation sites excluding steroid dienone is 1. The number of aliphatic hydroxyl groups is 2. The van der Waals surface area contributed by atoms with Crippen LogP contribution in [0.4, 0.5) is 0 Å². The van der Waals surface area contributed by atoms with Crippen molar-refractivity contribution in [3.63, 3.8) is 0 Å². The quantitative estimate of drug-likeness (QED) is 0.556. The van der Waals surface area contributed by atoms with E-state index in [0.29, 0.717) is 5.57 Å². The van der Waals surface area contributed by atoms with Crippen molar-refractivity contribution >= 4 is 17.7 Å². The highest BCUT2D eigenvalue weighted by atomic mass is 16.6. The lowest BCUT2D eigenvalue weighted by atomic mass is 9.79. The molecule has 26 heavy (non-hydrogen) atoms. The molecule has 0 radical (unpaired) electrons. The first-order chi connectivity index (χ1) is 11.9. The number of hydrogen-bond acceptors (Lipinski definition) is 7. The molecule has 1 heterocycles. The molecule has 0 unspecified atom stereocenters. The van der Waals surface area contributed by atoms with Crippen molar-refractivity contribution in [3.8, 4) is 0 Å². The lowest BCUT2D eigenvalue weighted by molar-refractivity contribution is -0.164. The molecule has 0 spiro atoms. The van der Waals surface area contributed by atoms with Crippen LogP contribution in [0.25, 0.3) is 0 Å². The summed E-state index contributed by atoms with van der Waals surface area (Å²) in [6.45, 7) is 9.99. The second-order valence-electron chi connectivity index (χ2n) is 7.61. The Hall–Kier alpha value is -1.99. The average Bonchev–Trinajstić information content (AvgIpc) is 2.79. The van der Waals surface area contributed by atoms with Crippen LogP contribution < -0.4 is 0 Å². The summed E-state index contributed by atoms with van der Waals surface area (Å²) < 4.78 is 10.8. The Morgan fingerprint density at radius 3 is 2.62 bits per heavy atom. The molecular formula is C19H26O7. The van der Waals surface area contributed by atoms with E-state index in [4.69, 9.17) is 9.47 Å². The summed E-state index contributed by atoms with van der Waals surface area (Å²) in [5.74, 6) is -2.65. The third-order valence-electron chi connectivity index (χ3n) is 4.97. The molecule has 0 bridgehead atoms. The topological polar surface area (TPSA) is 110 Å². The first kappa shape index (κ1) is 20.3. The molecule has 5 atom stereocenters. The van der Waals surface area contributed by atoms with Gasteiger partial charge in [0.15, 0.2) is 5.78 Å². The van der Waals surface area contributed by atoms with Gasteiger partial charge in [-0.2, -0.15) is 0 Å². The number of carbonyl (C=O) groups excluding carboxylic acids is 3. The Bertz CT molecular complexity index is 659. The minimum atomic E-state index is -1.70. The number of carbonyl (C=O) groups is 3. The van der Waals surface area contributed by atoms with E-state index in [1.54, 1.807) is 20.8 Å². The van der Waals surface area contributed by atoms with Gasteiger partial charge in [-0.05, 0) is 25.5 Å². The second kappa shape index (κ2) is 7.32. The van der Waals surface area contributed by atoms with Gasteiger partial charge in [0.25, 0.3) is 0 Å². The number of Topliss-reactive ketones (excluding diaryl/α,β-unsaturated/α-hetero) is 1. The fourth-order valence-corrected chi connectivity index (χ4v) is 3.15. The molecule has 0 aromatic rings. The molecule has 144 valence electrons. The maximum absolute atomic E-state index is 12.2. The Morgan fingerprint density at radius 2 is 2.04 bits per heavy atom. The summed E-state index contributed by atoms with van der Waals surface area (Å²) in [6, 6.07) is 0. The summed E-state index contributed by atoms with van der Waals surface area (Å²) in [7, 11) is 0. The molecule has 2 N–H and O–H groups in total. The standard InChI is InChI=1S/C19H26O7/c1-9(2)17(22)26-14-8-19(5,24)15(21)7-12(20)10(3)6-13-16(14)11(4)18(23)25-13/h6,9,13-16,21,24H,4,7-8H2,1-3,5H3/b10-6-/t13-,14+,15+,16-,19+/m0/s1. The molecule has 0 saturated carbocycles. The zero-order valence-corrected chi connectivity index (χ0v) is 15.5. The fraction of sp³-hybridized carbons (Fsp3) is 0.632. The molecule has 1 saturated heterocycles. The third-order valence-corrected chi connectivity index (χ3v) is 4.97. The number of ketones is 1. The predicted octanol–water partition coefficient (Wildman–Crippen LogP) is 1.07. The van der Waals surface area contributed by atoms with Crippen LogP contribution in [0.2, 0.25) is 0 Å². The van der Waals surface area contributed by atoms with Crippen LogP contribution >= 0.6 is 0 Å². The van der Waals surface area contributed by atoms with Crippen LogP contribution in [0.15, 0.2) is 23.8 Å². The van der Waals surface area contributed by atoms with Gasteiger partial charge in [-0.3, -0.25) is 9.59 Å². The Kier molecular flexibility index (Phi) is 5.73. The number of hydrogen-bond donors (Lipinski definition) is 2. The fourth-order valence-electron chi connectivity index (χ4n) is 3.15. The van der Waals surface area contributed by atoms with Crippen molar-refractivity contribution in [1.29, 1.82) is 0 Å². The van der Waals surface area contributed by atoms with E-state index in [0.717, 1.165) is 0 Å². The van der Waals surface area contributed by atoms with E-state index < -0.39 is 47.7 Å². The first-order valence-electron chi connectivity index (χ1n) is 8.66. The molecule has 1 fully saturated rings. The van der Waals surface area contributed by atoms with Crippen molar-refractivity contribution in [1.82, 2.24) is 0 Å². The van der Waals surface area contributed by atoms with E-state index in [1.165, 1.54) is 13.0 Å². The van der Waals surface area contributed by atoms with Gasteiger partial charge in [-0.25, -0.2) is 4.79 Å². The van der Waals surface area contributed by atoms with Crippen molar-refractivity contribution < 1.29 is 34.1 Å². The molecule has 7 nitrogen and oxygen atoms in total. The largest absolute Gasteiger partial charge is 0.461 e. The maximum Gasteiger partial charge on any atom is 0.334 e. The normalized spacial score (nSPS) is 37.7. The number of fused-ring (bicyclic) bond motifs is 1. The molecule has 2 aliphatic rings. The monoisotopic (exact) mass is 366 g/mol. The van der Waals surface area contributed by atoms with Crippen LogP contribution in [0.3, 0.4) is 0 Å². The summed E-state index contributed by atoms with van der Waals surface area (Å²) in [4.78, 5) is 36.4. The minimum absolute atomic E-state index is 0.110. The summed E-state index contributed by atoms with van der Waals surface area (Å²) in [5, 5.41) is 21.0. The zero-order valence-electron chi connectivity index (χ0n) is 15.5. The SMILES string of the molecule is C=C1C(=O)O[C@H]2/C=C(/C)C(=O)C[C@@H](O)[C@](C)(O)C[C@@H](OC(=O)C(C)C)[C@@H]12. The van der Waals surface area contributed by atoms with E-state index in [9.17, 15) is 24.6 Å². The molecule has 1 aliphatic heterocycles. The van der Waals surface area contributed by atoms with E-state index in [1.807, 2.05) is 0 Å². The zero-order chi connectivity index (χ0) is 19.8. The highest BCUT2D eigenvalue weighted by molar-refractivity contribution is 5.96.